The van der Waals surface area contributed by atoms with Crippen LogP contribution >= 0.6 is 7.82 Å². The maximum Gasteiger partial charge on any atom is 0.469 e. The minimum atomic E-state index is -4.76. The maximum atomic E-state index is 12.3. The third-order valence-corrected chi connectivity index (χ3v) is 8.01. The Balaban J connectivity index is 4.08. The summed E-state index contributed by atoms with van der Waals surface area (Å²) < 4.78 is 26.2. The van der Waals surface area contributed by atoms with Crippen molar-refractivity contribution in [1.82, 2.24) is 0 Å². The van der Waals surface area contributed by atoms with Crippen LogP contribution in [0.5, 0.6) is 0 Å². The van der Waals surface area contributed by atoms with Gasteiger partial charge in [-0.05, 0) is 77.0 Å². The van der Waals surface area contributed by atoms with Gasteiger partial charge in [-0.2, -0.15) is 0 Å². The molecule has 0 amide bonds. The number of hydrogen-bond donors (Lipinski definition) is 2. The molecule has 1 atom stereocenters. The van der Waals surface area contributed by atoms with Gasteiger partial charge < -0.3 is 19.3 Å². The van der Waals surface area contributed by atoms with Gasteiger partial charge in [-0.25, -0.2) is 4.57 Å². The lowest BCUT2D eigenvalue weighted by atomic mass is 10.1. The topological polar surface area (TPSA) is 119 Å². The summed E-state index contributed by atoms with van der Waals surface area (Å²) in [5, 5.41) is 0. The quantitative estimate of drug-likeness (QED) is 0.0301. The van der Waals surface area contributed by atoms with Gasteiger partial charge in [0.05, 0.1) is 6.61 Å². The largest absolute Gasteiger partial charge is 0.469 e. The molecule has 0 aliphatic heterocycles. The van der Waals surface area contributed by atoms with Gasteiger partial charge in [-0.1, -0.05) is 126 Å². The molecule has 0 unspecified atom stereocenters. The van der Waals surface area contributed by atoms with Crippen LogP contribution in [0.1, 0.15) is 155 Å². The molecule has 0 heterocycles. The van der Waals surface area contributed by atoms with Crippen molar-refractivity contribution < 1.29 is 37.9 Å². The van der Waals surface area contributed by atoms with Gasteiger partial charge in [-0.3, -0.25) is 14.1 Å². The van der Waals surface area contributed by atoms with E-state index in [1.54, 1.807) is 0 Å². The van der Waals surface area contributed by atoms with Gasteiger partial charge >= 0.3 is 19.8 Å². The Morgan fingerprint density at radius 1 is 0.562 bits per heavy atom. The first-order valence-corrected chi connectivity index (χ1v) is 20.1. The molecular formula is C39H67O8P. The molecule has 0 bridgehead atoms. The van der Waals surface area contributed by atoms with Crippen LogP contribution in [0.2, 0.25) is 0 Å². The smallest absolute Gasteiger partial charge is 0.462 e. The monoisotopic (exact) mass is 694 g/mol. The van der Waals surface area contributed by atoms with Crippen molar-refractivity contribution in [3.63, 3.8) is 0 Å². The first-order chi connectivity index (χ1) is 23.3. The van der Waals surface area contributed by atoms with Crippen LogP contribution in [-0.2, 0) is 28.2 Å². The van der Waals surface area contributed by atoms with Crippen molar-refractivity contribution in [2.45, 2.75) is 161 Å². The molecule has 0 aromatic carbocycles. The van der Waals surface area contributed by atoms with E-state index in [-0.39, 0.29) is 19.4 Å². The number of unbranched alkanes of at least 4 members (excludes halogenated alkanes) is 13. The zero-order valence-corrected chi connectivity index (χ0v) is 31.0. The standard InChI is InChI=1S/C39H67O8P/c1-3-5-7-9-11-13-15-17-19-21-23-25-27-29-31-33-38(40)45-35-37(36-46-48(42,43)44)47-39(41)34-32-30-28-26-24-22-20-18-16-14-12-10-8-6-4-2/h5,7,11,13,17,19,22-25,37H,3-4,6,8-10,12,14-16,18,20-21,26-36H2,1-2H3,(H2,42,43,44)/b7-5+,13-11+,19-17+,24-22+,25-23+/t37-/m1/s1. The van der Waals surface area contributed by atoms with Crippen molar-refractivity contribution >= 4 is 19.8 Å². The van der Waals surface area contributed by atoms with Crippen LogP contribution < -0.4 is 0 Å². The van der Waals surface area contributed by atoms with E-state index in [1.165, 1.54) is 51.4 Å². The van der Waals surface area contributed by atoms with Crippen LogP contribution in [0, 0.1) is 0 Å². The van der Waals surface area contributed by atoms with Gasteiger partial charge in [0.15, 0.2) is 6.10 Å². The van der Waals surface area contributed by atoms with E-state index >= 15 is 0 Å². The highest BCUT2D eigenvalue weighted by Crippen LogP contribution is 2.35. The average molecular weight is 695 g/mol. The second-order valence-corrected chi connectivity index (χ2v) is 13.4. The molecule has 48 heavy (non-hydrogen) atoms. The normalized spacial score (nSPS) is 13.2. The zero-order chi connectivity index (χ0) is 35.4. The van der Waals surface area contributed by atoms with Crippen molar-refractivity contribution in [1.29, 1.82) is 0 Å². The Kier molecular flexibility index (Phi) is 33.0. The summed E-state index contributed by atoms with van der Waals surface area (Å²) in [5.41, 5.74) is 0. The molecule has 2 N–H and O–H groups in total. The second-order valence-electron chi connectivity index (χ2n) is 12.2. The lowest BCUT2D eigenvalue weighted by Crippen LogP contribution is -2.29. The first kappa shape index (κ1) is 45.8. The van der Waals surface area contributed by atoms with Crippen LogP contribution in [0.3, 0.4) is 0 Å². The number of hydrogen-bond acceptors (Lipinski definition) is 6. The SMILES string of the molecule is CC/C=C/C/C=C/C/C=C/C/C=C/CCCCC(=O)OC[C@H](COP(=O)(O)O)OC(=O)CCCCC/C=C/CCCCCCCCCC. The highest BCUT2D eigenvalue weighted by Gasteiger charge is 2.22. The summed E-state index contributed by atoms with van der Waals surface area (Å²) in [6.45, 7) is 3.50. The second kappa shape index (κ2) is 34.6. The van der Waals surface area contributed by atoms with E-state index in [9.17, 15) is 14.2 Å². The molecule has 0 aromatic heterocycles. The van der Waals surface area contributed by atoms with E-state index in [4.69, 9.17) is 19.3 Å². The molecule has 0 aliphatic rings. The van der Waals surface area contributed by atoms with Gasteiger partial charge in [-0.15, -0.1) is 0 Å². The fourth-order valence-corrected chi connectivity index (χ4v) is 5.13. The highest BCUT2D eigenvalue weighted by atomic mass is 31.2. The molecule has 0 aromatic rings. The Hall–Kier alpha value is -2.25. The number of rotatable bonds is 33. The molecule has 0 spiro atoms. The summed E-state index contributed by atoms with van der Waals surface area (Å²) in [6, 6.07) is 0. The van der Waals surface area contributed by atoms with Crippen LogP contribution in [0.15, 0.2) is 60.8 Å². The van der Waals surface area contributed by atoms with Crippen LogP contribution in [0.25, 0.3) is 0 Å². The summed E-state index contributed by atoms with van der Waals surface area (Å²) >= 11 is 0. The number of phosphoric acid groups is 1. The minimum absolute atomic E-state index is 0.180. The Morgan fingerprint density at radius 2 is 1.00 bits per heavy atom. The third kappa shape index (κ3) is 36.6. The minimum Gasteiger partial charge on any atom is -0.462 e. The first-order valence-electron chi connectivity index (χ1n) is 18.6. The van der Waals surface area contributed by atoms with Crippen molar-refractivity contribution in [3.8, 4) is 0 Å². The molecule has 0 fully saturated rings. The van der Waals surface area contributed by atoms with E-state index in [2.05, 4.69) is 79.1 Å². The number of carbonyl (C=O) groups excluding carboxylic acids is 2. The maximum absolute atomic E-state index is 12.3. The highest BCUT2D eigenvalue weighted by molar-refractivity contribution is 7.46. The summed E-state index contributed by atoms with van der Waals surface area (Å²) in [6.07, 6.45) is 42.3. The fraction of sp³-hybridized carbons (Fsp3) is 0.692. The van der Waals surface area contributed by atoms with Crippen LogP contribution in [-0.4, -0.2) is 41.0 Å². The Morgan fingerprint density at radius 3 is 1.56 bits per heavy atom. The molecule has 8 nitrogen and oxygen atoms in total. The number of phosphoric ester groups is 1. The van der Waals surface area contributed by atoms with Gasteiger partial charge in [0.25, 0.3) is 0 Å². The van der Waals surface area contributed by atoms with Crippen molar-refractivity contribution in [2.24, 2.45) is 0 Å². The Bertz CT molecular complexity index is 963. The predicted molar refractivity (Wildman–Crippen MR) is 197 cm³/mol. The van der Waals surface area contributed by atoms with Gasteiger partial charge in [0.1, 0.15) is 6.61 Å². The van der Waals surface area contributed by atoms with E-state index in [0.29, 0.717) is 12.8 Å². The van der Waals surface area contributed by atoms with E-state index in [0.717, 1.165) is 64.2 Å². The van der Waals surface area contributed by atoms with E-state index < -0.39 is 32.5 Å². The molecule has 0 aliphatic carbocycles. The number of ether oxygens (including phenoxy) is 2. The number of allylic oxidation sites excluding steroid dienone is 10. The summed E-state index contributed by atoms with van der Waals surface area (Å²) in [5.74, 6) is -0.957. The molecule has 9 heteroatoms. The summed E-state index contributed by atoms with van der Waals surface area (Å²) in [4.78, 5) is 42.6. The molecule has 0 saturated carbocycles. The molecule has 276 valence electrons. The predicted octanol–water partition coefficient (Wildman–Crippen LogP) is 11.0. The van der Waals surface area contributed by atoms with Gasteiger partial charge in [0, 0.05) is 12.8 Å². The van der Waals surface area contributed by atoms with Crippen LogP contribution in [0.4, 0.5) is 0 Å². The fourth-order valence-electron chi connectivity index (χ4n) is 4.77. The summed E-state index contributed by atoms with van der Waals surface area (Å²) in [7, 11) is -4.76. The lowest BCUT2D eigenvalue weighted by molar-refractivity contribution is -0.161. The van der Waals surface area contributed by atoms with E-state index in [1.807, 2.05) is 0 Å². The van der Waals surface area contributed by atoms with Gasteiger partial charge in [0.2, 0.25) is 0 Å². The number of esters is 2. The third-order valence-electron chi connectivity index (χ3n) is 7.52. The Labute approximate surface area is 292 Å². The van der Waals surface area contributed by atoms with Crippen molar-refractivity contribution in [2.75, 3.05) is 13.2 Å². The average Bonchev–Trinajstić information content (AvgIpc) is 3.05. The molecular weight excluding hydrogens is 627 g/mol. The van der Waals surface area contributed by atoms with Crippen molar-refractivity contribution in [3.05, 3.63) is 60.8 Å². The zero-order valence-electron chi connectivity index (χ0n) is 30.1. The molecule has 0 saturated heterocycles. The molecule has 0 rings (SSSR count). The lowest BCUT2D eigenvalue weighted by Gasteiger charge is -2.18. The molecule has 0 radical (unpaired) electrons. The number of carbonyl (C=O) groups is 2.